The minimum absolute atomic E-state index is 0.259. The van der Waals surface area contributed by atoms with Gasteiger partial charge in [-0.05, 0) is 21.0 Å². The van der Waals surface area contributed by atoms with E-state index in [4.69, 9.17) is 5.11 Å². The van der Waals surface area contributed by atoms with Gasteiger partial charge in [-0.25, -0.2) is 4.79 Å². The Balaban J connectivity index is 2.31. The predicted octanol–water partition coefficient (Wildman–Crippen LogP) is -0.995. The van der Waals surface area contributed by atoms with E-state index in [1.165, 1.54) is 6.92 Å². The molecule has 18 heavy (non-hydrogen) atoms. The molecule has 2 amide bonds. The molecule has 1 aliphatic rings. The number of hydrogen-bond donors (Lipinski definition) is 3. The van der Waals surface area contributed by atoms with Gasteiger partial charge in [-0.15, -0.1) is 0 Å². The molecule has 104 valence electrons. The van der Waals surface area contributed by atoms with Crippen LogP contribution in [0, 0.1) is 0 Å². The molecule has 0 radical (unpaired) electrons. The van der Waals surface area contributed by atoms with Crippen LogP contribution in [0.25, 0.3) is 0 Å². The molecule has 1 unspecified atom stereocenters. The van der Waals surface area contributed by atoms with E-state index in [0.717, 1.165) is 19.6 Å². The molecule has 0 aromatic rings. The van der Waals surface area contributed by atoms with Crippen LogP contribution in [0.5, 0.6) is 0 Å². The minimum Gasteiger partial charge on any atom is -0.480 e. The van der Waals surface area contributed by atoms with Gasteiger partial charge in [0.05, 0.1) is 0 Å². The average molecular weight is 258 g/mol. The van der Waals surface area contributed by atoms with Gasteiger partial charge in [0.2, 0.25) is 0 Å². The molecule has 7 nitrogen and oxygen atoms in total. The topological polar surface area (TPSA) is 84.9 Å². The molecular formula is C11H22N4O3. The van der Waals surface area contributed by atoms with Crippen LogP contribution in [0.15, 0.2) is 0 Å². The van der Waals surface area contributed by atoms with E-state index in [2.05, 4.69) is 20.4 Å². The van der Waals surface area contributed by atoms with E-state index in [0.29, 0.717) is 6.54 Å². The van der Waals surface area contributed by atoms with Crippen molar-refractivity contribution in [1.82, 2.24) is 20.4 Å². The van der Waals surface area contributed by atoms with Crippen LogP contribution in [0.1, 0.15) is 6.92 Å². The van der Waals surface area contributed by atoms with Crippen molar-refractivity contribution in [2.24, 2.45) is 0 Å². The van der Waals surface area contributed by atoms with Gasteiger partial charge >= 0.3 is 12.0 Å². The highest BCUT2D eigenvalue weighted by molar-refractivity contribution is 5.82. The van der Waals surface area contributed by atoms with Gasteiger partial charge < -0.3 is 20.6 Å². The standard InChI is InChI=1S/C11H22N4O3/c1-8(10(16)17)13-11(18)12-6-9-7-14(2)4-5-15(9)3/h8-9H,4-7H2,1-3H3,(H,16,17)(H2,12,13,18)/t8-,9?/m1/s1. The highest BCUT2D eigenvalue weighted by Gasteiger charge is 2.22. The van der Waals surface area contributed by atoms with Gasteiger partial charge in [-0.2, -0.15) is 0 Å². The molecule has 0 bridgehead atoms. The molecule has 1 fully saturated rings. The molecule has 1 aliphatic heterocycles. The van der Waals surface area contributed by atoms with E-state index >= 15 is 0 Å². The van der Waals surface area contributed by atoms with E-state index in [-0.39, 0.29) is 6.04 Å². The number of aliphatic carboxylic acids is 1. The molecule has 1 heterocycles. The van der Waals surface area contributed by atoms with Crippen molar-refractivity contribution in [2.75, 3.05) is 40.3 Å². The van der Waals surface area contributed by atoms with Gasteiger partial charge in [0.15, 0.2) is 0 Å². The van der Waals surface area contributed by atoms with Crippen LogP contribution in [-0.2, 0) is 4.79 Å². The lowest BCUT2D eigenvalue weighted by atomic mass is 10.2. The van der Waals surface area contributed by atoms with Crippen LogP contribution < -0.4 is 10.6 Å². The van der Waals surface area contributed by atoms with Gasteiger partial charge in [0, 0.05) is 32.2 Å². The van der Waals surface area contributed by atoms with Crippen molar-refractivity contribution in [3.05, 3.63) is 0 Å². The zero-order valence-corrected chi connectivity index (χ0v) is 11.1. The maximum Gasteiger partial charge on any atom is 0.325 e. The van der Waals surface area contributed by atoms with Crippen molar-refractivity contribution < 1.29 is 14.7 Å². The Morgan fingerprint density at radius 3 is 2.67 bits per heavy atom. The first kappa shape index (κ1) is 14.7. The number of urea groups is 1. The Kier molecular flexibility index (Phi) is 5.36. The molecule has 0 spiro atoms. The summed E-state index contributed by atoms with van der Waals surface area (Å²) in [5.74, 6) is -1.04. The second-order valence-electron chi connectivity index (χ2n) is 4.81. The van der Waals surface area contributed by atoms with Crippen LogP contribution in [0.2, 0.25) is 0 Å². The molecule has 0 saturated carbocycles. The molecule has 7 heteroatoms. The third-order valence-electron chi connectivity index (χ3n) is 3.20. The van der Waals surface area contributed by atoms with Crippen LogP contribution in [0.3, 0.4) is 0 Å². The van der Waals surface area contributed by atoms with E-state index in [1.807, 2.05) is 14.1 Å². The summed E-state index contributed by atoms with van der Waals surface area (Å²) in [6, 6.07) is -1.06. The van der Waals surface area contributed by atoms with Crippen molar-refractivity contribution in [1.29, 1.82) is 0 Å². The molecule has 3 N–H and O–H groups in total. The summed E-state index contributed by atoms with van der Waals surface area (Å²) in [6.07, 6.45) is 0. The summed E-state index contributed by atoms with van der Waals surface area (Å²) in [5.41, 5.74) is 0. The first-order valence-electron chi connectivity index (χ1n) is 6.06. The van der Waals surface area contributed by atoms with E-state index in [9.17, 15) is 9.59 Å². The number of carbonyl (C=O) groups excluding carboxylic acids is 1. The predicted molar refractivity (Wildman–Crippen MR) is 67.5 cm³/mol. The molecule has 1 rings (SSSR count). The Morgan fingerprint density at radius 1 is 1.39 bits per heavy atom. The fourth-order valence-electron chi connectivity index (χ4n) is 1.84. The SMILES string of the molecule is C[C@@H](NC(=O)NCC1CN(C)CCN1C)C(=O)O. The zero-order chi connectivity index (χ0) is 13.7. The zero-order valence-electron chi connectivity index (χ0n) is 11.1. The molecule has 1 saturated heterocycles. The number of hydrogen-bond acceptors (Lipinski definition) is 4. The van der Waals surface area contributed by atoms with Gasteiger partial charge in [-0.1, -0.05) is 0 Å². The van der Waals surface area contributed by atoms with Gasteiger partial charge in [-0.3, -0.25) is 9.69 Å². The lowest BCUT2D eigenvalue weighted by Crippen LogP contribution is -2.55. The number of carboxylic acid groups (broad SMARTS) is 1. The normalized spacial score (nSPS) is 23.4. The largest absolute Gasteiger partial charge is 0.480 e. The molecule has 2 atom stereocenters. The Hall–Kier alpha value is -1.34. The van der Waals surface area contributed by atoms with Crippen molar-refractivity contribution >= 4 is 12.0 Å². The molecule has 0 aromatic carbocycles. The first-order valence-corrected chi connectivity index (χ1v) is 6.06. The van der Waals surface area contributed by atoms with Crippen LogP contribution in [0.4, 0.5) is 4.79 Å². The summed E-state index contributed by atoms with van der Waals surface area (Å²) >= 11 is 0. The van der Waals surface area contributed by atoms with E-state index < -0.39 is 18.0 Å². The lowest BCUT2D eigenvalue weighted by molar-refractivity contribution is -0.138. The number of amides is 2. The van der Waals surface area contributed by atoms with Crippen molar-refractivity contribution in [3.63, 3.8) is 0 Å². The average Bonchev–Trinajstić information content (AvgIpc) is 2.30. The number of carbonyl (C=O) groups is 2. The maximum absolute atomic E-state index is 11.5. The van der Waals surface area contributed by atoms with Crippen LogP contribution in [-0.4, -0.2) is 79.3 Å². The monoisotopic (exact) mass is 258 g/mol. The highest BCUT2D eigenvalue weighted by Crippen LogP contribution is 2.04. The van der Waals surface area contributed by atoms with Gasteiger partial charge in [0.25, 0.3) is 0 Å². The number of carboxylic acids is 1. The third-order valence-corrected chi connectivity index (χ3v) is 3.20. The number of likely N-dealkylation sites (N-methyl/N-ethyl adjacent to an activating group) is 2. The number of nitrogens with one attached hydrogen (secondary N) is 2. The minimum atomic E-state index is -1.04. The fraction of sp³-hybridized carbons (Fsp3) is 0.818. The summed E-state index contributed by atoms with van der Waals surface area (Å²) < 4.78 is 0. The molecule has 0 aromatic heterocycles. The molecular weight excluding hydrogens is 236 g/mol. The van der Waals surface area contributed by atoms with Gasteiger partial charge in [0.1, 0.15) is 6.04 Å². The quantitative estimate of drug-likeness (QED) is 0.602. The number of piperazine rings is 1. The van der Waals surface area contributed by atoms with Crippen molar-refractivity contribution in [3.8, 4) is 0 Å². The first-order chi connectivity index (χ1) is 8.40. The second-order valence-corrected chi connectivity index (χ2v) is 4.81. The Morgan fingerprint density at radius 2 is 2.06 bits per heavy atom. The smallest absolute Gasteiger partial charge is 0.325 e. The summed E-state index contributed by atoms with van der Waals surface area (Å²) in [6.45, 7) is 4.83. The summed E-state index contributed by atoms with van der Waals surface area (Å²) in [5, 5.41) is 13.7. The van der Waals surface area contributed by atoms with E-state index in [1.54, 1.807) is 0 Å². The summed E-state index contributed by atoms with van der Waals surface area (Å²) in [7, 11) is 4.07. The lowest BCUT2D eigenvalue weighted by Gasteiger charge is -2.37. The fourth-order valence-corrected chi connectivity index (χ4v) is 1.84. The Labute approximate surface area is 107 Å². The summed E-state index contributed by atoms with van der Waals surface area (Å²) in [4.78, 5) is 26.5. The van der Waals surface area contributed by atoms with Crippen LogP contribution >= 0.6 is 0 Å². The highest BCUT2D eigenvalue weighted by atomic mass is 16.4. The number of nitrogens with zero attached hydrogens (tertiary/aromatic N) is 2. The number of rotatable bonds is 4. The third kappa shape index (κ3) is 4.50. The molecule has 0 aliphatic carbocycles. The second kappa shape index (κ2) is 6.55. The van der Waals surface area contributed by atoms with Crippen molar-refractivity contribution in [2.45, 2.75) is 19.0 Å². The maximum atomic E-state index is 11.5. The Bertz CT molecular complexity index is 311.